The first kappa shape index (κ1) is 21.0. The summed E-state index contributed by atoms with van der Waals surface area (Å²) in [7, 11) is 0. The SMILES string of the molecule is c1ccc(-c2nc(-c3cc4ccc5ccccc5c4c4ccc5ccccc5c34)nc3ccccc23)cc1. The molecule has 0 amide bonds. The van der Waals surface area contributed by atoms with Crippen LogP contribution in [0.4, 0.5) is 0 Å². The number of hydrogen-bond acceptors (Lipinski definition) is 2. The Kier molecular flexibility index (Phi) is 4.55. The molecule has 0 aliphatic carbocycles. The largest absolute Gasteiger partial charge is 0.228 e. The predicted molar refractivity (Wildman–Crippen MR) is 160 cm³/mol. The topological polar surface area (TPSA) is 25.8 Å². The maximum Gasteiger partial charge on any atom is 0.161 e. The quantitative estimate of drug-likeness (QED) is 0.229. The van der Waals surface area contributed by atoms with E-state index in [4.69, 9.17) is 9.97 Å². The molecule has 8 aromatic rings. The molecule has 0 radical (unpaired) electrons. The lowest BCUT2D eigenvalue weighted by molar-refractivity contribution is 1.24. The molecular formula is C36H22N2. The molecule has 0 bridgehead atoms. The van der Waals surface area contributed by atoms with Gasteiger partial charge in [-0.2, -0.15) is 0 Å². The van der Waals surface area contributed by atoms with Gasteiger partial charge in [-0.15, -0.1) is 0 Å². The molecule has 176 valence electrons. The van der Waals surface area contributed by atoms with E-state index in [0.717, 1.165) is 33.5 Å². The third kappa shape index (κ3) is 3.14. The Labute approximate surface area is 219 Å². The molecule has 0 spiro atoms. The van der Waals surface area contributed by atoms with E-state index in [2.05, 4.69) is 121 Å². The van der Waals surface area contributed by atoms with Crippen LogP contribution in [-0.2, 0) is 0 Å². The van der Waals surface area contributed by atoms with E-state index >= 15 is 0 Å². The van der Waals surface area contributed by atoms with Crippen LogP contribution in [0.15, 0.2) is 133 Å². The van der Waals surface area contributed by atoms with Gasteiger partial charge in [0.15, 0.2) is 5.82 Å². The van der Waals surface area contributed by atoms with Crippen LogP contribution in [0, 0.1) is 0 Å². The number of nitrogens with zero attached hydrogens (tertiary/aromatic N) is 2. The number of para-hydroxylation sites is 1. The number of rotatable bonds is 2. The molecule has 0 atom stereocenters. The van der Waals surface area contributed by atoms with E-state index in [9.17, 15) is 0 Å². The molecule has 8 rings (SSSR count). The van der Waals surface area contributed by atoms with Crippen LogP contribution in [0.1, 0.15) is 0 Å². The second kappa shape index (κ2) is 8.22. The zero-order valence-electron chi connectivity index (χ0n) is 20.6. The average Bonchev–Trinajstić information content (AvgIpc) is 3.00. The number of benzene rings is 7. The van der Waals surface area contributed by atoms with Crippen molar-refractivity contribution < 1.29 is 0 Å². The highest BCUT2D eigenvalue weighted by Gasteiger charge is 2.17. The fourth-order valence-corrected chi connectivity index (χ4v) is 5.90. The van der Waals surface area contributed by atoms with Crippen LogP contribution >= 0.6 is 0 Å². The van der Waals surface area contributed by atoms with Crippen molar-refractivity contribution in [1.82, 2.24) is 9.97 Å². The smallest absolute Gasteiger partial charge is 0.161 e. The summed E-state index contributed by atoms with van der Waals surface area (Å²) in [6.07, 6.45) is 0. The van der Waals surface area contributed by atoms with Gasteiger partial charge in [0.05, 0.1) is 11.2 Å². The van der Waals surface area contributed by atoms with Gasteiger partial charge in [0.25, 0.3) is 0 Å². The summed E-state index contributed by atoms with van der Waals surface area (Å²) >= 11 is 0. The summed E-state index contributed by atoms with van der Waals surface area (Å²) in [5, 5.41) is 10.9. The molecule has 2 nitrogen and oxygen atoms in total. The molecule has 0 N–H and O–H groups in total. The van der Waals surface area contributed by atoms with Crippen LogP contribution in [-0.4, -0.2) is 9.97 Å². The highest BCUT2D eigenvalue weighted by molar-refractivity contribution is 6.28. The fraction of sp³-hybridized carbons (Fsp3) is 0. The molecule has 0 aliphatic heterocycles. The first-order chi connectivity index (χ1) is 18.8. The van der Waals surface area contributed by atoms with Gasteiger partial charge in [-0.25, -0.2) is 9.97 Å². The minimum absolute atomic E-state index is 0.749. The zero-order chi connectivity index (χ0) is 25.1. The number of fused-ring (bicyclic) bond motifs is 8. The van der Waals surface area contributed by atoms with Gasteiger partial charge in [0, 0.05) is 21.9 Å². The molecule has 0 saturated carbocycles. The Balaban J connectivity index is 1.57. The Morgan fingerprint density at radius 2 is 1.00 bits per heavy atom. The Bertz CT molecular complexity index is 2180. The monoisotopic (exact) mass is 482 g/mol. The maximum atomic E-state index is 5.26. The van der Waals surface area contributed by atoms with Crippen molar-refractivity contribution in [2.45, 2.75) is 0 Å². The van der Waals surface area contributed by atoms with Gasteiger partial charge in [-0.1, -0.05) is 121 Å². The molecule has 0 aliphatic rings. The summed E-state index contributed by atoms with van der Waals surface area (Å²) in [5.41, 5.74) is 4.05. The molecule has 1 aromatic heterocycles. The van der Waals surface area contributed by atoms with Crippen LogP contribution in [0.25, 0.3) is 76.6 Å². The van der Waals surface area contributed by atoms with Crippen molar-refractivity contribution in [2.75, 3.05) is 0 Å². The van der Waals surface area contributed by atoms with Crippen molar-refractivity contribution in [3.8, 4) is 22.6 Å². The Hall–Kier alpha value is -5.08. The van der Waals surface area contributed by atoms with Gasteiger partial charge in [-0.3, -0.25) is 0 Å². The number of aromatic nitrogens is 2. The van der Waals surface area contributed by atoms with E-state index in [1.807, 2.05) is 12.1 Å². The summed E-state index contributed by atoms with van der Waals surface area (Å²) in [6, 6.07) is 47.2. The standard InChI is InChI=1S/C36H22N2/c1-2-12-25(13-3-1)35-29-16-8-9-17-32(29)37-36(38-35)31-22-26-19-18-23-10-4-6-14-27(23)33(26)30-21-20-24-11-5-7-15-28(24)34(30)31/h1-22H. The van der Waals surface area contributed by atoms with E-state index in [1.165, 1.54) is 43.1 Å². The van der Waals surface area contributed by atoms with Gasteiger partial charge >= 0.3 is 0 Å². The minimum Gasteiger partial charge on any atom is -0.228 e. The number of hydrogen-bond donors (Lipinski definition) is 0. The van der Waals surface area contributed by atoms with Crippen LogP contribution in [0.2, 0.25) is 0 Å². The zero-order valence-corrected chi connectivity index (χ0v) is 20.6. The van der Waals surface area contributed by atoms with Crippen LogP contribution < -0.4 is 0 Å². The van der Waals surface area contributed by atoms with Crippen LogP contribution in [0.5, 0.6) is 0 Å². The van der Waals surface area contributed by atoms with Crippen LogP contribution in [0.3, 0.4) is 0 Å². The van der Waals surface area contributed by atoms with Gasteiger partial charge < -0.3 is 0 Å². The van der Waals surface area contributed by atoms with Crippen molar-refractivity contribution >= 4 is 54.0 Å². The maximum absolute atomic E-state index is 5.26. The third-order valence-electron chi connectivity index (χ3n) is 7.62. The Morgan fingerprint density at radius 3 is 1.79 bits per heavy atom. The highest BCUT2D eigenvalue weighted by Crippen LogP contribution is 2.41. The summed E-state index contributed by atoms with van der Waals surface area (Å²) in [4.78, 5) is 10.4. The van der Waals surface area contributed by atoms with Gasteiger partial charge in [-0.05, 0) is 49.8 Å². The second-order valence-corrected chi connectivity index (χ2v) is 9.80. The summed E-state index contributed by atoms with van der Waals surface area (Å²) in [6.45, 7) is 0. The lowest BCUT2D eigenvalue weighted by atomic mass is 9.90. The summed E-state index contributed by atoms with van der Waals surface area (Å²) < 4.78 is 0. The summed E-state index contributed by atoms with van der Waals surface area (Å²) in [5.74, 6) is 0.749. The molecule has 0 saturated heterocycles. The second-order valence-electron chi connectivity index (χ2n) is 9.80. The van der Waals surface area contributed by atoms with Gasteiger partial charge in [0.2, 0.25) is 0 Å². The van der Waals surface area contributed by atoms with Crippen molar-refractivity contribution in [3.05, 3.63) is 133 Å². The van der Waals surface area contributed by atoms with Crippen molar-refractivity contribution in [3.63, 3.8) is 0 Å². The van der Waals surface area contributed by atoms with E-state index < -0.39 is 0 Å². The lowest BCUT2D eigenvalue weighted by Crippen LogP contribution is -1.97. The average molecular weight is 483 g/mol. The molecule has 38 heavy (non-hydrogen) atoms. The molecule has 0 fully saturated rings. The molecule has 0 unspecified atom stereocenters. The Morgan fingerprint density at radius 1 is 0.395 bits per heavy atom. The fourth-order valence-electron chi connectivity index (χ4n) is 5.90. The predicted octanol–water partition coefficient (Wildman–Crippen LogP) is 9.58. The van der Waals surface area contributed by atoms with Gasteiger partial charge in [0.1, 0.15) is 0 Å². The molecule has 7 aromatic carbocycles. The minimum atomic E-state index is 0.749. The highest BCUT2D eigenvalue weighted by atomic mass is 14.9. The van der Waals surface area contributed by atoms with Crippen molar-refractivity contribution in [1.29, 1.82) is 0 Å². The van der Waals surface area contributed by atoms with E-state index in [1.54, 1.807) is 0 Å². The third-order valence-corrected chi connectivity index (χ3v) is 7.62. The first-order valence-electron chi connectivity index (χ1n) is 12.9. The molecular weight excluding hydrogens is 460 g/mol. The van der Waals surface area contributed by atoms with E-state index in [0.29, 0.717) is 0 Å². The molecule has 2 heteroatoms. The molecule has 1 heterocycles. The lowest BCUT2D eigenvalue weighted by Gasteiger charge is -2.16. The van der Waals surface area contributed by atoms with Crippen molar-refractivity contribution in [2.24, 2.45) is 0 Å². The normalized spacial score (nSPS) is 11.7. The first-order valence-corrected chi connectivity index (χ1v) is 12.9. The van der Waals surface area contributed by atoms with E-state index in [-0.39, 0.29) is 0 Å².